The molecule has 0 unspecified atom stereocenters. The van der Waals surface area contributed by atoms with E-state index < -0.39 is 0 Å². The molecule has 2 aromatic heterocycles. The zero-order valence-electron chi connectivity index (χ0n) is 15.6. The molecule has 28 heavy (non-hydrogen) atoms. The first-order valence-electron chi connectivity index (χ1n) is 9.43. The number of aromatic nitrogens is 3. The molecule has 146 valence electrons. The molecule has 1 saturated heterocycles. The molecule has 1 fully saturated rings. The van der Waals surface area contributed by atoms with E-state index in [0.29, 0.717) is 23.2 Å². The third-order valence-electron chi connectivity index (χ3n) is 4.96. The first-order valence-corrected chi connectivity index (χ1v) is 10.6. The molecule has 0 bridgehead atoms. The molecule has 6 nitrogen and oxygen atoms in total. The summed E-state index contributed by atoms with van der Waals surface area (Å²) in [6, 6.07) is 9.28. The Morgan fingerprint density at radius 2 is 2.07 bits per heavy atom. The summed E-state index contributed by atoms with van der Waals surface area (Å²) in [5, 5.41) is 9.64. The number of halogens is 1. The van der Waals surface area contributed by atoms with Crippen molar-refractivity contribution in [1.29, 1.82) is 0 Å². The van der Waals surface area contributed by atoms with Crippen molar-refractivity contribution in [2.45, 2.75) is 26.2 Å². The number of benzene rings is 1. The van der Waals surface area contributed by atoms with E-state index >= 15 is 0 Å². The maximum absolute atomic E-state index is 11.9. The smallest absolute Gasteiger partial charge is 0.338 e. The van der Waals surface area contributed by atoms with Gasteiger partial charge in [0.1, 0.15) is 0 Å². The highest BCUT2D eigenvalue weighted by Gasteiger charge is 2.22. The highest BCUT2D eigenvalue weighted by molar-refractivity contribution is 7.18. The molecular weight excluding hydrogens is 396 g/mol. The quantitative estimate of drug-likeness (QED) is 0.575. The van der Waals surface area contributed by atoms with Gasteiger partial charge in [-0.3, -0.25) is 0 Å². The van der Waals surface area contributed by atoms with Gasteiger partial charge in [0.05, 0.1) is 27.4 Å². The van der Waals surface area contributed by atoms with Crippen molar-refractivity contribution < 1.29 is 9.53 Å². The van der Waals surface area contributed by atoms with Crippen LogP contribution in [-0.4, -0.2) is 40.8 Å². The van der Waals surface area contributed by atoms with E-state index in [1.807, 2.05) is 25.1 Å². The lowest BCUT2D eigenvalue weighted by Gasteiger charge is -2.32. The second-order valence-corrected chi connectivity index (χ2v) is 8.36. The zero-order valence-corrected chi connectivity index (χ0v) is 17.2. The largest absolute Gasteiger partial charge is 0.462 e. The number of carbonyl (C=O) groups excluding carboxylic acids is 1. The van der Waals surface area contributed by atoms with Crippen molar-refractivity contribution in [3.63, 3.8) is 0 Å². The molecule has 3 heterocycles. The average Bonchev–Trinajstić information content (AvgIpc) is 3.11. The Bertz CT molecular complexity index is 968. The maximum atomic E-state index is 11.9. The molecule has 0 atom stereocenters. The fourth-order valence-corrected chi connectivity index (χ4v) is 4.71. The standard InChI is InChI=1S/C20H21ClN4O2S/c1-2-27-20(26)14-3-4-15-16(12-14)28-19(22-15)11-13-7-9-25(10-8-13)18-6-5-17(21)23-24-18/h3-6,12-13H,2,7-11H2,1H3. The van der Waals surface area contributed by atoms with E-state index in [-0.39, 0.29) is 5.97 Å². The summed E-state index contributed by atoms with van der Waals surface area (Å²) in [5.41, 5.74) is 1.53. The van der Waals surface area contributed by atoms with Crippen LogP contribution in [0.5, 0.6) is 0 Å². The fraction of sp³-hybridized carbons (Fsp3) is 0.400. The van der Waals surface area contributed by atoms with Crippen molar-refractivity contribution in [3.8, 4) is 0 Å². The number of anilines is 1. The second kappa shape index (κ2) is 8.41. The molecule has 1 aliphatic rings. The monoisotopic (exact) mass is 416 g/mol. The van der Waals surface area contributed by atoms with Gasteiger partial charge < -0.3 is 9.64 Å². The molecule has 4 rings (SSSR count). The summed E-state index contributed by atoms with van der Waals surface area (Å²) in [6.07, 6.45) is 3.15. The van der Waals surface area contributed by atoms with Crippen LogP contribution in [0.1, 0.15) is 35.1 Å². The number of esters is 1. The summed E-state index contributed by atoms with van der Waals surface area (Å²) < 4.78 is 6.12. The van der Waals surface area contributed by atoms with Crippen molar-refractivity contribution in [3.05, 3.63) is 46.1 Å². The van der Waals surface area contributed by atoms with Crippen molar-refractivity contribution in [1.82, 2.24) is 15.2 Å². The third kappa shape index (κ3) is 4.25. The minimum Gasteiger partial charge on any atom is -0.462 e. The Morgan fingerprint density at radius 3 is 2.79 bits per heavy atom. The Hall–Kier alpha value is -2.25. The van der Waals surface area contributed by atoms with Gasteiger partial charge in [-0.2, -0.15) is 0 Å². The average molecular weight is 417 g/mol. The van der Waals surface area contributed by atoms with Gasteiger partial charge in [-0.1, -0.05) is 11.6 Å². The number of nitrogens with zero attached hydrogens (tertiary/aromatic N) is 4. The predicted molar refractivity (Wildman–Crippen MR) is 111 cm³/mol. The number of hydrogen-bond acceptors (Lipinski definition) is 7. The minimum atomic E-state index is -0.281. The third-order valence-corrected chi connectivity index (χ3v) is 6.21. The van der Waals surface area contributed by atoms with Crippen LogP contribution in [0.4, 0.5) is 5.82 Å². The van der Waals surface area contributed by atoms with Crippen molar-refractivity contribution in [2.75, 3.05) is 24.6 Å². The van der Waals surface area contributed by atoms with Gasteiger partial charge in [-0.05, 0) is 56.0 Å². The fourth-order valence-electron chi connectivity index (χ4n) is 3.49. The predicted octanol–water partition coefficient (Wildman–Crippen LogP) is 4.38. The highest BCUT2D eigenvalue weighted by Crippen LogP contribution is 2.29. The van der Waals surface area contributed by atoms with Crippen molar-refractivity contribution in [2.24, 2.45) is 5.92 Å². The van der Waals surface area contributed by atoms with E-state index in [0.717, 1.165) is 53.4 Å². The van der Waals surface area contributed by atoms with E-state index in [9.17, 15) is 4.79 Å². The van der Waals surface area contributed by atoms with Crippen LogP contribution in [0.25, 0.3) is 10.2 Å². The normalized spacial score (nSPS) is 15.1. The molecule has 0 saturated carbocycles. The number of carbonyl (C=O) groups is 1. The van der Waals surface area contributed by atoms with Gasteiger partial charge in [0.15, 0.2) is 11.0 Å². The minimum absolute atomic E-state index is 0.281. The Morgan fingerprint density at radius 1 is 1.25 bits per heavy atom. The Kier molecular flexibility index (Phi) is 5.73. The van der Waals surface area contributed by atoms with Gasteiger partial charge in [-0.15, -0.1) is 21.5 Å². The number of hydrogen-bond donors (Lipinski definition) is 0. The van der Waals surface area contributed by atoms with Gasteiger partial charge in [0.25, 0.3) is 0 Å². The van der Waals surface area contributed by atoms with E-state index in [1.54, 1.807) is 23.5 Å². The number of rotatable bonds is 5. The summed E-state index contributed by atoms with van der Waals surface area (Å²) >= 11 is 7.49. The van der Waals surface area contributed by atoms with Crippen LogP contribution in [-0.2, 0) is 11.2 Å². The summed E-state index contributed by atoms with van der Waals surface area (Å²) in [7, 11) is 0. The number of thiazole rings is 1. The molecule has 0 spiro atoms. The first-order chi connectivity index (χ1) is 13.6. The summed E-state index contributed by atoms with van der Waals surface area (Å²) in [6.45, 7) is 4.11. The topological polar surface area (TPSA) is 68.2 Å². The first kappa shape index (κ1) is 19.1. The van der Waals surface area contributed by atoms with Crippen LogP contribution < -0.4 is 4.90 Å². The molecule has 1 aromatic carbocycles. The van der Waals surface area contributed by atoms with E-state index in [2.05, 4.69) is 15.1 Å². The molecule has 0 amide bonds. The lowest BCUT2D eigenvalue weighted by molar-refractivity contribution is 0.0526. The van der Waals surface area contributed by atoms with Crippen molar-refractivity contribution >= 4 is 44.9 Å². The van der Waals surface area contributed by atoms with Crippen LogP contribution in [0.3, 0.4) is 0 Å². The molecule has 3 aromatic rings. The Labute approximate surface area is 172 Å². The van der Waals surface area contributed by atoms with E-state index in [4.69, 9.17) is 21.3 Å². The van der Waals surface area contributed by atoms with Gasteiger partial charge in [-0.25, -0.2) is 9.78 Å². The summed E-state index contributed by atoms with van der Waals surface area (Å²) in [5.74, 6) is 1.20. The maximum Gasteiger partial charge on any atom is 0.338 e. The van der Waals surface area contributed by atoms with Crippen LogP contribution in [0.2, 0.25) is 5.15 Å². The SMILES string of the molecule is CCOC(=O)c1ccc2nc(CC3CCN(c4ccc(Cl)nn4)CC3)sc2c1. The molecule has 1 aliphatic heterocycles. The van der Waals surface area contributed by atoms with Gasteiger partial charge in [0.2, 0.25) is 0 Å². The molecule has 0 aliphatic carbocycles. The summed E-state index contributed by atoms with van der Waals surface area (Å²) in [4.78, 5) is 18.9. The number of ether oxygens (including phenoxy) is 1. The lowest BCUT2D eigenvalue weighted by atomic mass is 9.94. The molecule has 0 N–H and O–H groups in total. The zero-order chi connectivity index (χ0) is 19.5. The lowest BCUT2D eigenvalue weighted by Crippen LogP contribution is -2.34. The van der Waals surface area contributed by atoms with Gasteiger partial charge in [0, 0.05) is 19.5 Å². The molecule has 8 heteroatoms. The second-order valence-electron chi connectivity index (χ2n) is 6.86. The highest BCUT2D eigenvalue weighted by atomic mass is 35.5. The van der Waals surface area contributed by atoms with Crippen LogP contribution in [0.15, 0.2) is 30.3 Å². The van der Waals surface area contributed by atoms with E-state index in [1.165, 1.54) is 0 Å². The Balaban J connectivity index is 1.39. The van der Waals surface area contributed by atoms with Crippen LogP contribution >= 0.6 is 22.9 Å². The number of piperidine rings is 1. The van der Waals surface area contributed by atoms with Crippen LogP contribution in [0, 0.1) is 5.92 Å². The number of fused-ring (bicyclic) bond motifs is 1. The molecule has 0 radical (unpaired) electrons. The van der Waals surface area contributed by atoms with Gasteiger partial charge >= 0.3 is 5.97 Å². The molecular formula is C20H21ClN4O2S.